The maximum atomic E-state index is 14.7. The van der Waals surface area contributed by atoms with Crippen LogP contribution in [0.5, 0.6) is 0 Å². The van der Waals surface area contributed by atoms with Crippen LogP contribution >= 0.6 is 0 Å². The number of fused-ring (bicyclic) bond motifs is 4. The largest absolute Gasteiger partial charge is 0.481 e. The molecule has 0 unspecified atom stereocenters. The standard InChI is InChI=1S/C54H57N3O12S3.3O3S/c1-33-28-52(2,3)56(30-34-16-9-13-20-47(34)71(64,65)66)45-26-43-41(24-39(33)45)50(37-18-11-12-19-38(37)51(60)55(8)23-15-22-49(58)59)42-25-40-36(32-70(61,62)63)29-53(4,5)57(46(40)27-44(42)54(43,6)7)31-35-17-10-14-21-48(35)72(67,68)69;3*1-4(2)3/h9-14,16-21,24-29H,15,22-23,30-32H2,1-8H3,(H3-,58,59,61,62,63,64,65,66,67,68,69);;;/p+1. The Bertz CT molecular complexity index is 4360. The predicted molar refractivity (Wildman–Crippen MR) is 305 cm³/mol. The monoisotopic (exact) mass is 1280 g/mol. The summed E-state index contributed by atoms with van der Waals surface area (Å²) in [6.07, 6.45) is 3.88. The molecule has 0 radical (unpaired) electrons. The molecular weight excluding hydrogens is 1220 g/mol. The lowest BCUT2D eigenvalue weighted by Crippen LogP contribution is -2.51. The van der Waals surface area contributed by atoms with E-state index in [1.165, 1.54) is 23.1 Å². The summed E-state index contributed by atoms with van der Waals surface area (Å²) < 4.78 is 186. The second kappa shape index (κ2) is 25.8. The fraction of sp³-hybridized carbons (Fsp3) is 0.315. The zero-order valence-corrected chi connectivity index (χ0v) is 51.1. The van der Waals surface area contributed by atoms with Gasteiger partial charge in [0, 0.05) is 74.3 Å². The number of aliphatic carboxylic acids is 1. The number of hydrogen-bond acceptors (Lipinski definition) is 18. The molecule has 1 aliphatic carbocycles. The van der Waals surface area contributed by atoms with Gasteiger partial charge in [0.05, 0.1) is 16.0 Å². The van der Waals surface area contributed by atoms with Gasteiger partial charge < -0.3 is 14.9 Å². The van der Waals surface area contributed by atoms with Crippen LogP contribution in [-0.2, 0) is 85.5 Å². The highest BCUT2D eigenvalue weighted by atomic mass is 32.2. The Hall–Kier alpha value is -7.42. The van der Waals surface area contributed by atoms with E-state index < -0.39 is 90.4 Å². The maximum Gasteiger partial charge on any atom is 0.425 e. The van der Waals surface area contributed by atoms with Gasteiger partial charge >= 0.3 is 37.8 Å². The minimum absolute atomic E-state index is 0.0578. The van der Waals surface area contributed by atoms with Crippen LogP contribution in [0.2, 0.25) is 0 Å². The summed E-state index contributed by atoms with van der Waals surface area (Å²) in [6, 6.07) is 27.4. The van der Waals surface area contributed by atoms with E-state index in [4.69, 9.17) is 37.9 Å². The Morgan fingerprint density at radius 3 is 1.68 bits per heavy atom. The van der Waals surface area contributed by atoms with Gasteiger partial charge in [-0.15, -0.1) is 37.9 Å². The average Bonchev–Trinajstić information content (AvgIpc) is 1.24. The van der Waals surface area contributed by atoms with Crippen molar-refractivity contribution in [2.75, 3.05) is 24.2 Å². The van der Waals surface area contributed by atoms with Crippen molar-refractivity contribution >= 4 is 96.5 Å². The second-order valence-corrected chi connectivity index (χ2v) is 26.5. The highest BCUT2D eigenvalue weighted by molar-refractivity contribution is 7.86. The number of allylic oxidation sites excluding steroid dienone is 1. The lowest BCUT2D eigenvalue weighted by molar-refractivity contribution is -0.137. The quantitative estimate of drug-likeness (QED) is 0.0903. The molecule has 450 valence electrons. The highest BCUT2D eigenvalue weighted by Gasteiger charge is 2.43. The van der Waals surface area contributed by atoms with Crippen molar-refractivity contribution in [3.63, 3.8) is 0 Å². The second-order valence-electron chi connectivity index (χ2n) is 21.1. The molecule has 0 bridgehead atoms. The number of carbonyl (C=O) groups is 2. The fourth-order valence-electron chi connectivity index (χ4n) is 10.8. The molecule has 5 aromatic rings. The van der Waals surface area contributed by atoms with Crippen LogP contribution in [0, 0.1) is 0 Å². The van der Waals surface area contributed by atoms with Crippen LogP contribution in [0.3, 0.4) is 0 Å². The number of amides is 1. The van der Waals surface area contributed by atoms with E-state index in [1.54, 1.807) is 55.6 Å². The van der Waals surface area contributed by atoms with Crippen LogP contribution in [0.25, 0.3) is 16.7 Å². The molecule has 84 heavy (non-hydrogen) atoms. The van der Waals surface area contributed by atoms with Crippen molar-refractivity contribution in [2.24, 2.45) is 0 Å². The molecule has 3 aliphatic rings. The molecule has 5 aromatic carbocycles. The molecule has 0 saturated carbocycles. The molecule has 0 saturated heterocycles. The minimum atomic E-state index is -4.68. The van der Waals surface area contributed by atoms with E-state index in [0.717, 1.165) is 33.5 Å². The SMILES string of the molecule is CC1=CC(C)(C)N(Cc2ccccc2S(=O)(=O)O)c2cc3c(cc21)C(c1ccccc1C(=O)N(C)CCCC(=O)O)=c1cc2c(cc1C3(C)C)=[N+](Cc1ccccc1S(=O)(=O)O)C(C)(C)C=C2CS(=O)(=O)O.O=S(=O)=O.O=S(=O)=O.O=S(=O)=O. The number of rotatable bonds is 14. The molecule has 2 heterocycles. The molecule has 0 atom stereocenters. The van der Waals surface area contributed by atoms with Crippen molar-refractivity contribution in [3.05, 3.63) is 170 Å². The van der Waals surface area contributed by atoms with E-state index in [1.807, 2.05) is 77.3 Å². The lowest BCUT2D eigenvalue weighted by Gasteiger charge is -2.45. The first-order valence-corrected chi connectivity index (χ1v) is 32.2. The summed E-state index contributed by atoms with van der Waals surface area (Å²) in [7, 11) is -21.6. The Morgan fingerprint density at radius 2 is 1.14 bits per heavy atom. The van der Waals surface area contributed by atoms with Crippen LogP contribution in [0.1, 0.15) is 116 Å². The highest BCUT2D eigenvalue weighted by Crippen LogP contribution is 2.48. The van der Waals surface area contributed by atoms with Crippen LogP contribution in [-0.4, -0.2) is 129 Å². The molecule has 1 amide bonds. The number of nitrogens with zero attached hydrogens (tertiary/aromatic N) is 3. The van der Waals surface area contributed by atoms with E-state index in [-0.39, 0.29) is 59.3 Å². The van der Waals surface area contributed by atoms with Gasteiger partial charge in [-0.3, -0.25) is 23.2 Å². The third-order valence-electron chi connectivity index (χ3n) is 14.2. The summed E-state index contributed by atoms with van der Waals surface area (Å²) in [6.45, 7) is 14.0. The Kier molecular flexibility index (Phi) is 20.7. The first-order valence-electron chi connectivity index (χ1n) is 24.8. The molecule has 2 aliphatic heterocycles. The number of carboxylic acids is 1. The third-order valence-corrected chi connectivity index (χ3v) is 16.7. The van der Waals surface area contributed by atoms with Crippen LogP contribution in [0.15, 0.2) is 119 Å². The number of carboxylic acid groups (broad SMARTS) is 1. The van der Waals surface area contributed by atoms with Gasteiger partial charge in [-0.25, -0.2) is 4.58 Å². The van der Waals surface area contributed by atoms with Crippen molar-refractivity contribution in [3.8, 4) is 0 Å². The van der Waals surface area contributed by atoms with Crippen LogP contribution < -0.4 is 20.1 Å². The molecule has 4 N–H and O–H groups in total. The Morgan fingerprint density at radius 1 is 0.631 bits per heavy atom. The van der Waals surface area contributed by atoms with E-state index in [0.29, 0.717) is 38.4 Å². The Labute approximate surface area is 489 Å². The minimum Gasteiger partial charge on any atom is -0.481 e. The maximum absolute atomic E-state index is 14.7. The van der Waals surface area contributed by atoms with Crippen molar-refractivity contribution in [1.29, 1.82) is 0 Å². The van der Waals surface area contributed by atoms with Gasteiger partial charge in [-0.1, -0.05) is 74.5 Å². The summed E-state index contributed by atoms with van der Waals surface area (Å²) >= 11 is 0. The topological polar surface area (TPSA) is 381 Å². The molecule has 0 aromatic heterocycles. The van der Waals surface area contributed by atoms with Gasteiger partial charge in [-0.05, 0) is 119 Å². The van der Waals surface area contributed by atoms with Gasteiger partial charge in [0.25, 0.3) is 36.3 Å². The zero-order valence-electron chi connectivity index (χ0n) is 46.2. The summed E-state index contributed by atoms with van der Waals surface area (Å²) in [4.78, 5) is 29.2. The van der Waals surface area contributed by atoms with Gasteiger partial charge in [0.1, 0.15) is 10.6 Å². The average molecular weight is 1280 g/mol. The first-order chi connectivity index (χ1) is 38.6. The zero-order chi connectivity index (χ0) is 63.4. The molecular formula is C54H58N3O21S6+. The summed E-state index contributed by atoms with van der Waals surface area (Å²) in [5.74, 6) is -2.11. The number of carbonyl (C=O) groups excluding carboxylic acids is 1. The van der Waals surface area contributed by atoms with Crippen molar-refractivity contribution in [1.82, 2.24) is 9.48 Å². The van der Waals surface area contributed by atoms with Gasteiger partial charge in [-0.2, -0.15) is 25.3 Å². The van der Waals surface area contributed by atoms with Crippen LogP contribution in [0.4, 0.5) is 5.69 Å². The molecule has 0 fully saturated rings. The molecule has 0 spiro atoms. The number of benzene rings is 5. The third kappa shape index (κ3) is 16.1. The van der Waals surface area contributed by atoms with Crippen molar-refractivity contribution < 1.29 is 91.5 Å². The van der Waals surface area contributed by atoms with Gasteiger partial charge in [0.15, 0.2) is 12.1 Å². The van der Waals surface area contributed by atoms with E-state index >= 15 is 0 Å². The Balaban J connectivity index is 0.000000982. The normalized spacial score (nSPS) is 15.2. The predicted octanol–water partition coefficient (Wildman–Crippen LogP) is 3.95. The van der Waals surface area contributed by atoms with E-state index in [2.05, 4.69) is 23.1 Å². The van der Waals surface area contributed by atoms with Crippen molar-refractivity contribution in [2.45, 2.75) is 101 Å². The summed E-state index contributed by atoms with van der Waals surface area (Å²) in [5, 5.41) is 10.5. The molecule has 24 nitrogen and oxygen atoms in total. The van der Waals surface area contributed by atoms with E-state index in [9.17, 15) is 53.6 Å². The molecule has 8 rings (SSSR count). The molecule has 30 heteroatoms. The smallest absolute Gasteiger partial charge is 0.425 e. The summed E-state index contributed by atoms with van der Waals surface area (Å²) in [5.41, 5.74) is 4.95. The first kappa shape index (κ1) is 67.4. The lowest BCUT2D eigenvalue weighted by atomic mass is 9.67. The number of anilines is 1. The fourth-order valence-corrected chi connectivity index (χ4v) is 12.8. The number of hydrogen-bond donors (Lipinski definition) is 4. The van der Waals surface area contributed by atoms with Gasteiger partial charge in [0.2, 0.25) is 5.36 Å².